The van der Waals surface area contributed by atoms with Crippen molar-refractivity contribution in [3.63, 3.8) is 0 Å². The predicted octanol–water partition coefficient (Wildman–Crippen LogP) is 3.82. The van der Waals surface area contributed by atoms with Crippen LogP contribution in [0.5, 0.6) is 0 Å². The number of carbonyl (C=O) groups excluding carboxylic acids is 2. The molecular weight excluding hydrogens is 348 g/mol. The van der Waals surface area contributed by atoms with Crippen LogP contribution in [0.4, 0.5) is 0 Å². The minimum atomic E-state index is -0.183. The van der Waals surface area contributed by atoms with Gasteiger partial charge in [-0.25, -0.2) is 0 Å². The lowest BCUT2D eigenvalue weighted by molar-refractivity contribution is -0.132. The molecule has 4 nitrogen and oxygen atoms in total. The lowest BCUT2D eigenvalue weighted by atomic mass is 9.82. The fraction of sp³-hybridized carbons (Fsp3) is 0.417. The Morgan fingerprint density at radius 3 is 2.14 bits per heavy atom. The summed E-state index contributed by atoms with van der Waals surface area (Å²) in [5.41, 5.74) is 1.58. The fourth-order valence-corrected chi connectivity index (χ4v) is 4.22. The first-order valence-electron chi connectivity index (χ1n) is 10.3. The van der Waals surface area contributed by atoms with Gasteiger partial charge >= 0.3 is 0 Å². The van der Waals surface area contributed by atoms with Crippen LogP contribution in [0.1, 0.15) is 48.0 Å². The van der Waals surface area contributed by atoms with E-state index in [1.807, 2.05) is 65.6 Å². The Labute approximate surface area is 166 Å². The van der Waals surface area contributed by atoms with Gasteiger partial charge in [0.2, 0.25) is 5.91 Å². The van der Waals surface area contributed by atoms with Gasteiger partial charge < -0.3 is 10.2 Å². The van der Waals surface area contributed by atoms with Gasteiger partial charge in [0, 0.05) is 24.2 Å². The SMILES string of the molecule is O=C(NC1(CC2CC2)CCN(C(=O)Cc2ccccc2)CC1)c1ccccc1. The van der Waals surface area contributed by atoms with E-state index in [1.165, 1.54) is 12.8 Å². The summed E-state index contributed by atoms with van der Waals surface area (Å²) >= 11 is 0. The van der Waals surface area contributed by atoms with Crippen molar-refractivity contribution in [1.29, 1.82) is 0 Å². The van der Waals surface area contributed by atoms with Crippen molar-refractivity contribution in [3.05, 3.63) is 71.8 Å². The summed E-state index contributed by atoms with van der Waals surface area (Å²) < 4.78 is 0. The van der Waals surface area contributed by atoms with Crippen molar-refractivity contribution in [2.75, 3.05) is 13.1 Å². The molecule has 1 aliphatic carbocycles. The molecule has 146 valence electrons. The van der Waals surface area contributed by atoms with Crippen molar-refractivity contribution >= 4 is 11.8 Å². The van der Waals surface area contributed by atoms with Crippen molar-refractivity contribution in [2.24, 2.45) is 5.92 Å². The van der Waals surface area contributed by atoms with Crippen molar-refractivity contribution < 1.29 is 9.59 Å². The number of carbonyl (C=O) groups is 2. The third-order valence-corrected chi connectivity index (χ3v) is 6.06. The highest BCUT2D eigenvalue weighted by molar-refractivity contribution is 5.94. The van der Waals surface area contributed by atoms with Crippen molar-refractivity contribution in [1.82, 2.24) is 10.2 Å². The van der Waals surface area contributed by atoms with E-state index in [9.17, 15) is 9.59 Å². The molecule has 2 amide bonds. The van der Waals surface area contributed by atoms with Gasteiger partial charge in [-0.3, -0.25) is 9.59 Å². The van der Waals surface area contributed by atoms with Gasteiger partial charge in [0.1, 0.15) is 0 Å². The Morgan fingerprint density at radius 2 is 1.54 bits per heavy atom. The van der Waals surface area contributed by atoms with Gasteiger partial charge in [0.05, 0.1) is 6.42 Å². The molecule has 2 aromatic rings. The first-order valence-corrected chi connectivity index (χ1v) is 10.3. The van der Waals surface area contributed by atoms with Gasteiger partial charge in [-0.15, -0.1) is 0 Å². The highest BCUT2D eigenvalue weighted by atomic mass is 16.2. The lowest BCUT2D eigenvalue weighted by Gasteiger charge is -2.43. The molecule has 4 rings (SSSR count). The van der Waals surface area contributed by atoms with E-state index < -0.39 is 0 Å². The van der Waals surface area contributed by atoms with E-state index in [1.54, 1.807) is 0 Å². The second kappa shape index (κ2) is 8.17. The highest BCUT2D eigenvalue weighted by Gasteiger charge is 2.41. The Morgan fingerprint density at radius 1 is 0.929 bits per heavy atom. The molecule has 0 spiro atoms. The average molecular weight is 377 g/mol. The molecule has 0 radical (unpaired) electrons. The molecule has 2 aromatic carbocycles. The molecule has 1 aliphatic heterocycles. The molecule has 28 heavy (non-hydrogen) atoms. The monoisotopic (exact) mass is 376 g/mol. The molecule has 2 aliphatic rings. The van der Waals surface area contributed by atoms with E-state index in [4.69, 9.17) is 0 Å². The number of rotatable bonds is 6. The van der Waals surface area contributed by atoms with E-state index in [2.05, 4.69) is 5.32 Å². The third kappa shape index (κ3) is 4.61. The molecule has 0 aromatic heterocycles. The second-order valence-electron chi connectivity index (χ2n) is 8.29. The molecule has 0 atom stereocenters. The van der Waals surface area contributed by atoms with Crippen LogP contribution in [-0.2, 0) is 11.2 Å². The highest BCUT2D eigenvalue weighted by Crippen LogP contribution is 2.40. The Balaban J connectivity index is 1.39. The molecule has 1 saturated carbocycles. The molecular formula is C24H28N2O2. The number of nitrogens with one attached hydrogen (secondary N) is 1. The number of likely N-dealkylation sites (tertiary alicyclic amines) is 1. The molecule has 4 heteroatoms. The van der Waals surface area contributed by atoms with Gasteiger partial charge in [-0.1, -0.05) is 61.4 Å². The van der Waals surface area contributed by atoms with Crippen LogP contribution in [0, 0.1) is 5.92 Å². The maximum atomic E-state index is 12.8. The number of nitrogens with zero attached hydrogens (tertiary/aromatic N) is 1. The maximum Gasteiger partial charge on any atom is 0.251 e. The minimum Gasteiger partial charge on any atom is -0.346 e. The zero-order chi connectivity index (χ0) is 19.4. The second-order valence-corrected chi connectivity index (χ2v) is 8.29. The first-order chi connectivity index (χ1) is 13.6. The lowest BCUT2D eigenvalue weighted by Crippen LogP contribution is -2.56. The Kier molecular flexibility index (Phi) is 5.47. The summed E-state index contributed by atoms with van der Waals surface area (Å²) in [5.74, 6) is 0.911. The summed E-state index contributed by atoms with van der Waals surface area (Å²) in [7, 11) is 0. The number of amides is 2. The minimum absolute atomic E-state index is 0.00492. The maximum absolute atomic E-state index is 12.8. The van der Waals surface area contributed by atoms with E-state index in [-0.39, 0.29) is 17.4 Å². The van der Waals surface area contributed by atoms with Crippen LogP contribution >= 0.6 is 0 Å². The van der Waals surface area contributed by atoms with Crippen LogP contribution in [0.3, 0.4) is 0 Å². The summed E-state index contributed by atoms with van der Waals surface area (Å²) in [5, 5.41) is 3.35. The van der Waals surface area contributed by atoms with Crippen LogP contribution in [0.25, 0.3) is 0 Å². The topological polar surface area (TPSA) is 49.4 Å². The zero-order valence-corrected chi connectivity index (χ0v) is 16.3. The summed E-state index contributed by atoms with van der Waals surface area (Å²) in [6.45, 7) is 1.43. The first kappa shape index (κ1) is 18.7. The Hall–Kier alpha value is -2.62. The number of piperidine rings is 1. The predicted molar refractivity (Wildman–Crippen MR) is 110 cm³/mol. The van der Waals surface area contributed by atoms with E-state index >= 15 is 0 Å². The molecule has 0 bridgehead atoms. The molecule has 1 saturated heterocycles. The summed E-state index contributed by atoms with van der Waals surface area (Å²) in [6.07, 6.45) is 5.68. The largest absolute Gasteiger partial charge is 0.346 e. The standard InChI is InChI=1S/C24H28N2O2/c27-22(17-19-7-3-1-4-8-19)26-15-13-24(14-16-26,18-20-11-12-20)25-23(28)21-9-5-2-6-10-21/h1-10,20H,11-18H2,(H,25,28). The molecule has 0 unspecified atom stereocenters. The quantitative estimate of drug-likeness (QED) is 0.833. The number of benzene rings is 2. The average Bonchev–Trinajstić information content (AvgIpc) is 3.53. The van der Waals surface area contributed by atoms with Crippen molar-refractivity contribution in [2.45, 2.75) is 44.1 Å². The Bertz CT molecular complexity index is 807. The van der Waals surface area contributed by atoms with E-state index in [0.717, 1.165) is 30.7 Å². The molecule has 1 heterocycles. The molecule has 1 N–H and O–H groups in total. The van der Waals surface area contributed by atoms with E-state index in [0.29, 0.717) is 25.1 Å². The van der Waals surface area contributed by atoms with Gasteiger partial charge in [-0.05, 0) is 42.9 Å². The van der Waals surface area contributed by atoms with Crippen LogP contribution in [0.2, 0.25) is 0 Å². The van der Waals surface area contributed by atoms with Crippen LogP contribution < -0.4 is 5.32 Å². The smallest absolute Gasteiger partial charge is 0.251 e. The van der Waals surface area contributed by atoms with Crippen molar-refractivity contribution in [3.8, 4) is 0 Å². The van der Waals surface area contributed by atoms with Crippen LogP contribution in [0.15, 0.2) is 60.7 Å². The van der Waals surface area contributed by atoms with Gasteiger partial charge in [0.15, 0.2) is 0 Å². The number of hydrogen-bond acceptors (Lipinski definition) is 2. The summed E-state index contributed by atoms with van der Waals surface area (Å²) in [6, 6.07) is 19.3. The normalized spacial score (nSPS) is 18.5. The molecule has 2 fully saturated rings. The van der Waals surface area contributed by atoms with Crippen LogP contribution in [-0.4, -0.2) is 35.3 Å². The van der Waals surface area contributed by atoms with Gasteiger partial charge in [-0.2, -0.15) is 0 Å². The zero-order valence-electron chi connectivity index (χ0n) is 16.3. The number of hydrogen-bond donors (Lipinski definition) is 1. The fourth-order valence-electron chi connectivity index (χ4n) is 4.22. The third-order valence-electron chi connectivity index (χ3n) is 6.06. The summed E-state index contributed by atoms with van der Waals surface area (Å²) in [4.78, 5) is 27.4. The van der Waals surface area contributed by atoms with Gasteiger partial charge in [0.25, 0.3) is 5.91 Å².